The normalized spacial score (nSPS) is 14.8. The highest BCUT2D eigenvalue weighted by atomic mass is 15.2. The van der Waals surface area contributed by atoms with E-state index in [2.05, 4.69) is 241 Å². The van der Waals surface area contributed by atoms with Crippen molar-refractivity contribution in [2.24, 2.45) is 0 Å². The van der Waals surface area contributed by atoms with Crippen LogP contribution in [0.4, 0.5) is 0 Å². The average Bonchev–Trinajstić information content (AvgIpc) is 3.78. The van der Waals surface area contributed by atoms with E-state index in [1.807, 2.05) is 0 Å². The van der Waals surface area contributed by atoms with Crippen LogP contribution in [0.25, 0.3) is 115 Å². The zero-order chi connectivity index (χ0) is 46.3. The van der Waals surface area contributed by atoms with E-state index in [0.717, 1.165) is 44.0 Å². The highest BCUT2D eigenvalue weighted by molar-refractivity contribution is 6.26. The van der Waals surface area contributed by atoms with Crippen molar-refractivity contribution in [2.45, 2.75) is 11.8 Å². The Bertz CT molecular complexity index is 4520. The Hall–Kier alpha value is -9.18. The predicted molar refractivity (Wildman–Crippen MR) is 295 cm³/mol. The Morgan fingerprint density at radius 1 is 0.296 bits per heavy atom. The van der Waals surface area contributed by atoms with Gasteiger partial charge in [-0.3, -0.25) is 4.57 Å². The molecule has 0 atom stereocenters. The van der Waals surface area contributed by atoms with Gasteiger partial charge in [0.2, 0.25) is 5.95 Å². The Balaban J connectivity index is 0.948. The van der Waals surface area contributed by atoms with Gasteiger partial charge < -0.3 is 0 Å². The number of hydrogen-bond donors (Lipinski definition) is 0. The van der Waals surface area contributed by atoms with Crippen LogP contribution in [0.3, 0.4) is 0 Å². The molecule has 0 saturated carbocycles. The fourth-order valence-electron chi connectivity index (χ4n) is 13.0. The second-order valence-corrected chi connectivity index (χ2v) is 19.5. The second-order valence-electron chi connectivity index (χ2n) is 19.5. The van der Waals surface area contributed by atoms with Crippen LogP contribution >= 0.6 is 0 Å². The molecule has 3 heteroatoms. The quantitative estimate of drug-likeness (QED) is 0.165. The average molecular weight is 900 g/mol. The maximum atomic E-state index is 5.48. The van der Waals surface area contributed by atoms with E-state index in [1.165, 1.54) is 98.7 Å². The maximum Gasteiger partial charge on any atom is 0.235 e. The van der Waals surface area contributed by atoms with E-state index >= 15 is 0 Å². The highest BCUT2D eigenvalue weighted by Gasteiger charge is 2.44. The van der Waals surface area contributed by atoms with Gasteiger partial charge in [0, 0.05) is 38.9 Å². The lowest BCUT2D eigenvalue weighted by atomic mass is 9.58. The molecule has 2 heterocycles. The Morgan fingerprint density at radius 2 is 0.761 bits per heavy atom. The molecule has 0 saturated heterocycles. The van der Waals surface area contributed by atoms with Crippen LogP contribution in [0.5, 0.6) is 0 Å². The first kappa shape index (κ1) is 38.8. The number of rotatable bonds is 4. The number of para-hydroxylation sites is 1. The van der Waals surface area contributed by atoms with Gasteiger partial charge in [-0.2, -0.15) is 0 Å². The summed E-state index contributed by atoms with van der Waals surface area (Å²) in [5.41, 5.74) is 18.6. The molecule has 0 unspecified atom stereocenters. The van der Waals surface area contributed by atoms with Gasteiger partial charge in [0.25, 0.3) is 0 Å². The standard InChI is InChI=1S/C68H41N3/c1-2-17-41(18-3-1)66-57-34-30-40-16-4-5-19-46(40)67(57)70-68(69-66)71-60-29-15-14-24-52(60)59-39-43(32-37-61(59)71)45-36-35-44(64-62-53-25-10-12-27-55(53)63(65(45)64)56-28-13-11-26-54(56)62)42-31-33-51-49-22-7-6-20-47(49)48-21-8-9-23-50(48)58(51)38-42/h1-39,62-63H. The van der Waals surface area contributed by atoms with Crippen molar-refractivity contribution in [3.63, 3.8) is 0 Å². The van der Waals surface area contributed by atoms with Crippen LogP contribution in [0.15, 0.2) is 237 Å². The summed E-state index contributed by atoms with van der Waals surface area (Å²) in [6.45, 7) is 0. The zero-order valence-electron chi connectivity index (χ0n) is 38.5. The summed E-state index contributed by atoms with van der Waals surface area (Å²) in [7, 11) is 0. The van der Waals surface area contributed by atoms with Crippen LogP contribution in [-0.2, 0) is 0 Å². The molecule has 3 aliphatic carbocycles. The zero-order valence-corrected chi connectivity index (χ0v) is 38.5. The minimum absolute atomic E-state index is 0.0804. The van der Waals surface area contributed by atoms with Gasteiger partial charge in [-0.15, -0.1) is 0 Å². The summed E-state index contributed by atoms with van der Waals surface area (Å²) in [5.74, 6) is 0.832. The number of benzene rings is 12. The van der Waals surface area contributed by atoms with Crippen LogP contribution in [0.1, 0.15) is 45.2 Å². The van der Waals surface area contributed by atoms with Crippen molar-refractivity contribution in [3.05, 3.63) is 270 Å². The van der Waals surface area contributed by atoms with Gasteiger partial charge in [0.15, 0.2) is 0 Å². The number of fused-ring (bicyclic) bond motifs is 12. The predicted octanol–water partition coefficient (Wildman–Crippen LogP) is 17.3. The van der Waals surface area contributed by atoms with E-state index in [1.54, 1.807) is 0 Å². The summed E-state index contributed by atoms with van der Waals surface area (Å²) in [6, 6.07) is 87.6. The fraction of sp³-hybridized carbons (Fsp3) is 0.0294. The van der Waals surface area contributed by atoms with Crippen molar-refractivity contribution in [1.29, 1.82) is 0 Å². The molecule has 3 aliphatic rings. The molecule has 12 aromatic carbocycles. The molecular formula is C68H41N3. The maximum absolute atomic E-state index is 5.48. The molecule has 0 aliphatic heterocycles. The highest BCUT2D eigenvalue weighted by Crippen LogP contribution is 2.60. The summed E-state index contributed by atoms with van der Waals surface area (Å²) < 4.78 is 2.28. The van der Waals surface area contributed by atoms with E-state index in [9.17, 15) is 0 Å². The minimum atomic E-state index is 0.0804. The Morgan fingerprint density at radius 3 is 1.39 bits per heavy atom. The van der Waals surface area contributed by atoms with E-state index in [4.69, 9.17) is 9.97 Å². The summed E-state index contributed by atoms with van der Waals surface area (Å²) in [5, 5.41) is 13.4. The first-order valence-electron chi connectivity index (χ1n) is 24.7. The second kappa shape index (κ2) is 14.7. The van der Waals surface area contributed by atoms with Crippen LogP contribution in [0.2, 0.25) is 0 Å². The molecule has 14 aromatic rings. The SMILES string of the molecule is c1ccc(-c2nc(-n3c4ccccc4c4cc(-c5ccc(-c6ccc7c8ccccc8c8ccccc8c7c6)c6c5C5c7ccccc7C6c6ccccc65)ccc43)nc3c2ccc2ccccc23)cc1. The number of hydrogen-bond acceptors (Lipinski definition) is 2. The van der Waals surface area contributed by atoms with Crippen molar-refractivity contribution in [2.75, 3.05) is 0 Å². The van der Waals surface area contributed by atoms with E-state index in [-0.39, 0.29) is 11.8 Å². The molecule has 328 valence electrons. The molecule has 2 bridgehead atoms. The van der Waals surface area contributed by atoms with Gasteiger partial charge in [-0.05, 0) is 124 Å². The lowest BCUT2D eigenvalue weighted by Crippen LogP contribution is -2.28. The van der Waals surface area contributed by atoms with Crippen molar-refractivity contribution in [3.8, 4) is 39.5 Å². The third-order valence-electron chi connectivity index (χ3n) is 16.0. The smallest absolute Gasteiger partial charge is 0.235 e. The van der Waals surface area contributed by atoms with E-state index < -0.39 is 0 Å². The van der Waals surface area contributed by atoms with Crippen LogP contribution in [-0.4, -0.2) is 14.5 Å². The topological polar surface area (TPSA) is 30.7 Å². The van der Waals surface area contributed by atoms with Gasteiger partial charge in [0.1, 0.15) is 0 Å². The molecule has 0 N–H and O–H groups in total. The molecule has 0 fully saturated rings. The van der Waals surface area contributed by atoms with Gasteiger partial charge >= 0.3 is 0 Å². The first-order valence-corrected chi connectivity index (χ1v) is 24.7. The number of nitrogens with zero attached hydrogens (tertiary/aromatic N) is 3. The lowest BCUT2D eigenvalue weighted by molar-refractivity contribution is 0.758. The monoisotopic (exact) mass is 899 g/mol. The molecule has 71 heavy (non-hydrogen) atoms. The molecule has 2 aromatic heterocycles. The first-order chi connectivity index (χ1) is 35.2. The lowest BCUT2D eigenvalue weighted by Gasteiger charge is -2.44. The summed E-state index contributed by atoms with van der Waals surface area (Å²) >= 11 is 0. The van der Waals surface area contributed by atoms with Gasteiger partial charge in [-0.1, -0.05) is 206 Å². The summed E-state index contributed by atoms with van der Waals surface area (Å²) in [6.07, 6.45) is 0. The number of aromatic nitrogens is 3. The van der Waals surface area contributed by atoms with E-state index in [0.29, 0.717) is 5.95 Å². The summed E-state index contributed by atoms with van der Waals surface area (Å²) in [4.78, 5) is 10.9. The van der Waals surface area contributed by atoms with Crippen LogP contribution in [0, 0.1) is 0 Å². The third kappa shape index (κ3) is 5.43. The molecule has 0 amide bonds. The van der Waals surface area contributed by atoms with Crippen molar-refractivity contribution >= 4 is 75.8 Å². The third-order valence-corrected chi connectivity index (χ3v) is 16.0. The van der Waals surface area contributed by atoms with Crippen molar-refractivity contribution in [1.82, 2.24) is 14.5 Å². The minimum Gasteiger partial charge on any atom is -0.278 e. The fourth-order valence-corrected chi connectivity index (χ4v) is 13.0. The molecule has 0 spiro atoms. The molecule has 0 radical (unpaired) electrons. The Kier molecular flexibility index (Phi) is 8.00. The van der Waals surface area contributed by atoms with Gasteiger partial charge in [0.05, 0.1) is 22.2 Å². The largest absolute Gasteiger partial charge is 0.278 e. The van der Waals surface area contributed by atoms with Crippen LogP contribution < -0.4 is 0 Å². The molecule has 3 nitrogen and oxygen atoms in total. The molecular weight excluding hydrogens is 859 g/mol. The molecule has 17 rings (SSSR count). The van der Waals surface area contributed by atoms with Crippen molar-refractivity contribution < 1.29 is 0 Å². The Labute approximate surface area is 409 Å². The van der Waals surface area contributed by atoms with Gasteiger partial charge in [-0.25, -0.2) is 9.97 Å².